The number of hydrogen-bond acceptors (Lipinski definition) is 8. The fraction of sp³-hybridized carbons (Fsp3) is 0.346. The van der Waals surface area contributed by atoms with Gasteiger partial charge in [-0.3, -0.25) is 4.72 Å². The van der Waals surface area contributed by atoms with E-state index in [1.54, 1.807) is 18.1 Å². The predicted octanol–water partition coefficient (Wildman–Crippen LogP) is 2.24. The van der Waals surface area contributed by atoms with Gasteiger partial charge in [0.25, 0.3) is 0 Å². The Kier molecular flexibility index (Phi) is 12.3. The van der Waals surface area contributed by atoms with E-state index in [0.717, 1.165) is 41.2 Å². The lowest BCUT2D eigenvalue weighted by molar-refractivity contribution is 0.0254. The number of nitrogens with zero attached hydrogens (tertiary/aromatic N) is 3. The van der Waals surface area contributed by atoms with Gasteiger partial charge in [0.15, 0.2) is 0 Å². The monoisotopic (exact) mass is 512 g/mol. The summed E-state index contributed by atoms with van der Waals surface area (Å²) in [4.78, 5) is 9.18. The average Bonchev–Trinajstić information content (AvgIpc) is 2.88. The largest absolute Gasteiger partial charge is 0.489 e. The molecule has 0 atom stereocenters. The number of aromatic nitrogens is 2. The molecule has 10 heteroatoms. The first-order chi connectivity index (χ1) is 16.7. The first kappa shape index (κ1) is 29.2. The summed E-state index contributed by atoms with van der Waals surface area (Å²) in [5, 5.41) is 18.5. The lowest BCUT2D eigenvalue weighted by atomic mass is 10.1. The zero-order chi connectivity index (χ0) is 23.6. The van der Waals surface area contributed by atoms with E-state index in [-0.39, 0.29) is 23.7 Å². The number of rotatable bonds is 10. The van der Waals surface area contributed by atoms with Crippen molar-refractivity contribution in [3.8, 4) is 23.1 Å². The molecule has 4 rings (SSSR count). The number of aliphatic hydroxyl groups excluding tert-OH is 1. The molecule has 3 aromatic rings. The lowest BCUT2D eigenvalue weighted by Crippen LogP contribution is -2.26. The summed E-state index contributed by atoms with van der Waals surface area (Å²) in [5.74, 6) is 2.17. The number of nitrogens with one attached hydrogen (secondary N) is 1. The van der Waals surface area contributed by atoms with Gasteiger partial charge in [0.05, 0.1) is 31.1 Å². The van der Waals surface area contributed by atoms with Gasteiger partial charge in [-0.2, -0.15) is 5.26 Å². The van der Waals surface area contributed by atoms with E-state index >= 15 is 0 Å². The molecule has 36 heavy (non-hydrogen) atoms. The van der Waals surface area contributed by atoms with Crippen LogP contribution in [0.1, 0.15) is 35.4 Å². The van der Waals surface area contributed by atoms with Crippen LogP contribution in [-0.4, -0.2) is 58.5 Å². The SMILES string of the molecule is N#Cc1cc(-c2ccnc(Cc3ccc(CSNCCO)cc3)n2)ccc1OC1CCOCC1.O.O. The minimum Gasteiger partial charge on any atom is -0.489 e. The highest BCUT2D eigenvalue weighted by molar-refractivity contribution is 7.96. The quantitative estimate of drug-likeness (QED) is 0.308. The fourth-order valence-electron chi connectivity index (χ4n) is 3.69. The van der Waals surface area contributed by atoms with Crippen LogP contribution >= 0.6 is 11.9 Å². The average molecular weight is 513 g/mol. The number of hydrogen-bond donors (Lipinski definition) is 2. The van der Waals surface area contributed by atoms with Crippen molar-refractivity contribution in [1.82, 2.24) is 14.7 Å². The maximum absolute atomic E-state index is 9.67. The van der Waals surface area contributed by atoms with Gasteiger partial charge < -0.3 is 25.5 Å². The van der Waals surface area contributed by atoms with Crippen LogP contribution in [0.15, 0.2) is 54.7 Å². The summed E-state index contributed by atoms with van der Waals surface area (Å²) in [6.07, 6.45) is 4.14. The molecule has 1 saturated heterocycles. The summed E-state index contributed by atoms with van der Waals surface area (Å²) in [7, 11) is 0. The van der Waals surface area contributed by atoms with Gasteiger partial charge >= 0.3 is 0 Å². The first-order valence-electron chi connectivity index (χ1n) is 11.4. The molecule has 0 aliphatic carbocycles. The first-order valence-corrected chi connectivity index (χ1v) is 12.4. The smallest absolute Gasteiger partial charge is 0.137 e. The van der Waals surface area contributed by atoms with Gasteiger partial charge in [0, 0.05) is 43.3 Å². The Hall–Kier alpha value is -3.04. The molecule has 1 aliphatic heterocycles. The minimum atomic E-state index is 0. The number of ether oxygens (including phenoxy) is 2. The van der Waals surface area contributed by atoms with Crippen molar-refractivity contribution < 1.29 is 25.5 Å². The van der Waals surface area contributed by atoms with Gasteiger partial charge in [-0.25, -0.2) is 9.97 Å². The van der Waals surface area contributed by atoms with E-state index in [1.807, 2.05) is 24.3 Å². The van der Waals surface area contributed by atoms with E-state index < -0.39 is 0 Å². The second-order valence-electron chi connectivity index (χ2n) is 8.01. The van der Waals surface area contributed by atoms with Crippen molar-refractivity contribution >= 4 is 11.9 Å². The van der Waals surface area contributed by atoms with Crippen LogP contribution in [0.25, 0.3) is 11.3 Å². The molecule has 1 aliphatic rings. The van der Waals surface area contributed by atoms with Gasteiger partial charge in [0.1, 0.15) is 23.7 Å². The maximum atomic E-state index is 9.67. The Morgan fingerprint density at radius 3 is 2.56 bits per heavy atom. The van der Waals surface area contributed by atoms with Crippen molar-refractivity contribution in [2.24, 2.45) is 0 Å². The van der Waals surface area contributed by atoms with Crippen molar-refractivity contribution in [3.63, 3.8) is 0 Å². The summed E-state index contributed by atoms with van der Waals surface area (Å²) < 4.78 is 14.6. The highest BCUT2D eigenvalue weighted by Gasteiger charge is 2.17. The van der Waals surface area contributed by atoms with Gasteiger partial charge in [0.2, 0.25) is 0 Å². The Balaban J connectivity index is 0.00000228. The summed E-state index contributed by atoms with van der Waals surface area (Å²) in [5.41, 5.74) is 4.49. The topological polar surface area (TPSA) is 163 Å². The van der Waals surface area contributed by atoms with Crippen LogP contribution in [0.4, 0.5) is 0 Å². The van der Waals surface area contributed by atoms with Crippen LogP contribution in [0.5, 0.6) is 5.75 Å². The Morgan fingerprint density at radius 1 is 1.08 bits per heavy atom. The van der Waals surface area contributed by atoms with Crippen LogP contribution < -0.4 is 9.46 Å². The predicted molar refractivity (Wildman–Crippen MR) is 140 cm³/mol. The van der Waals surface area contributed by atoms with E-state index in [4.69, 9.17) is 19.6 Å². The van der Waals surface area contributed by atoms with Crippen LogP contribution in [-0.2, 0) is 16.9 Å². The minimum absolute atomic E-state index is 0. The third-order valence-corrected chi connectivity index (χ3v) is 6.39. The molecule has 0 saturated carbocycles. The Labute approximate surface area is 215 Å². The zero-order valence-corrected chi connectivity index (χ0v) is 20.8. The molecule has 0 radical (unpaired) electrons. The highest BCUT2D eigenvalue weighted by atomic mass is 32.2. The van der Waals surface area contributed by atoms with E-state index in [1.165, 1.54) is 5.56 Å². The maximum Gasteiger partial charge on any atom is 0.137 e. The summed E-state index contributed by atoms with van der Waals surface area (Å²) >= 11 is 1.58. The van der Waals surface area contributed by atoms with E-state index in [9.17, 15) is 5.26 Å². The van der Waals surface area contributed by atoms with Gasteiger partial charge in [-0.1, -0.05) is 36.2 Å². The molecule has 2 aromatic carbocycles. The van der Waals surface area contributed by atoms with Crippen molar-refractivity contribution in [3.05, 3.63) is 77.2 Å². The number of aliphatic hydroxyl groups is 1. The van der Waals surface area contributed by atoms with Crippen LogP contribution in [0.2, 0.25) is 0 Å². The second kappa shape index (κ2) is 15.2. The molecule has 0 bridgehead atoms. The molecular weight excluding hydrogens is 480 g/mol. The molecule has 2 heterocycles. The highest BCUT2D eigenvalue weighted by Crippen LogP contribution is 2.27. The van der Waals surface area contributed by atoms with Crippen molar-refractivity contribution in [1.29, 1.82) is 5.26 Å². The van der Waals surface area contributed by atoms with Gasteiger partial charge in [-0.15, -0.1) is 0 Å². The lowest BCUT2D eigenvalue weighted by Gasteiger charge is -2.23. The number of nitriles is 1. The standard InChI is InChI=1S/C26H28N4O3S.2H2O/c27-17-22-16-21(5-6-25(22)33-23-8-13-32-14-9-23)24-7-10-28-26(30-24)15-19-1-3-20(4-2-19)18-34-29-11-12-31;;/h1-7,10,16,23,29,31H,8-9,11-15,18H2;2*1H2. The third-order valence-electron chi connectivity index (χ3n) is 5.50. The van der Waals surface area contributed by atoms with Crippen LogP contribution in [0.3, 0.4) is 0 Å². The molecule has 0 spiro atoms. The van der Waals surface area contributed by atoms with Crippen molar-refractivity contribution in [2.75, 3.05) is 26.4 Å². The molecule has 192 valence electrons. The third kappa shape index (κ3) is 8.27. The molecule has 6 N–H and O–H groups in total. The normalized spacial score (nSPS) is 13.2. The van der Waals surface area contributed by atoms with E-state index in [2.05, 4.69) is 40.0 Å². The second-order valence-corrected chi connectivity index (χ2v) is 8.88. The molecule has 0 amide bonds. The van der Waals surface area contributed by atoms with Gasteiger partial charge in [-0.05, 0) is 35.4 Å². The zero-order valence-electron chi connectivity index (χ0n) is 19.9. The fourth-order valence-corrected chi connectivity index (χ4v) is 4.38. The molecule has 9 nitrogen and oxygen atoms in total. The molecule has 1 aromatic heterocycles. The van der Waals surface area contributed by atoms with E-state index in [0.29, 0.717) is 37.5 Å². The molecule has 0 unspecified atom stereocenters. The summed E-state index contributed by atoms with van der Waals surface area (Å²) in [6, 6.07) is 18.1. The summed E-state index contributed by atoms with van der Waals surface area (Å²) in [6.45, 7) is 2.10. The number of benzene rings is 2. The molecular formula is C26H32N4O5S. The molecule has 1 fully saturated rings. The Morgan fingerprint density at radius 2 is 1.83 bits per heavy atom. The Bertz CT molecular complexity index is 1120. The van der Waals surface area contributed by atoms with Crippen molar-refractivity contribution in [2.45, 2.75) is 31.1 Å². The van der Waals surface area contributed by atoms with Crippen LogP contribution in [0, 0.1) is 11.3 Å².